The van der Waals surface area contributed by atoms with E-state index in [0.717, 1.165) is 10.5 Å². The minimum Gasteiger partial charge on any atom is -0.485 e. The number of aliphatic carboxylic acids is 1. The Bertz CT molecular complexity index is 1240. The molecule has 184 valence electrons. The predicted molar refractivity (Wildman–Crippen MR) is 125 cm³/mol. The Morgan fingerprint density at radius 2 is 2.03 bits per heavy atom. The van der Waals surface area contributed by atoms with Crippen LogP contribution in [-0.4, -0.2) is 57.5 Å². The number of carboxylic acid groups (broad SMARTS) is 1. The number of β-lactam (4-membered cyclic amide) rings is 1. The third kappa shape index (κ3) is 5.15. The number of nitrogens with one attached hydrogen (secondary N) is 1. The Labute approximate surface area is 209 Å². The zero-order chi connectivity index (χ0) is 25.3. The van der Waals surface area contributed by atoms with Gasteiger partial charge in [0.1, 0.15) is 41.8 Å². The van der Waals surface area contributed by atoms with Crippen molar-refractivity contribution in [3.8, 4) is 5.75 Å². The Morgan fingerprint density at radius 3 is 2.71 bits per heavy atom. The zero-order valence-corrected chi connectivity index (χ0v) is 20.3. The van der Waals surface area contributed by atoms with Crippen LogP contribution in [0.25, 0.3) is 0 Å². The summed E-state index contributed by atoms with van der Waals surface area (Å²) in [5.74, 6) is -1.77. The van der Waals surface area contributed by atoms with Gasteiger partial charge in [0.2, 0.25) is 0 Å². The van der Waals surface area contributed by atoms with Crippen LogP contribution in [0.4, 0.5) is 0 Å². The van der Waals surface area contributed by atoms with Gasteiger partial charge in [-0.3, -0.25) is 19.3 Å². The summed E-state index contributed by atoms with van der Waals surface area (Å²) in [6.07, 6.45) is 0. The Hall–Kier alpha value is -3.44. The molecular weight excluding hydrogens is 500 g/mol. The number of esters is 1. The van der Waals surface area contributed by atoms with Gasteiger partial charge in [0.15, 0.2) is 5.76 Å². The molecule has 0 radical (unpaired) electrons. The van der Waals surface area contributed by atoms with E-state index in [2.05, 4.69) is 5.32 Å². The predicted octanol–water partition coefficient (Wildman–Crippen LogP) is 2.74. The molecule has 12 heteroatoms. The van der Waals surface area contributed by atoms with Gasteiger partial charge in [0.05, 0.1) is 0 Å². The number of benzene rings is 1. The molecule has 0 aliphatic carbocycles. The van der Waals surface area contributed by atoms with E-state index in [1.807, 2.05) is 6.92 Å². The quantitative estimate of drug-likeness (QED) is 0.397. The number of ether oxygens (including phenoxy) is 2. The first-order valence-corrected chi connectivity index (χ1v) is 11.9. The number of fused-ring (bicyclic) bond motifs is 1. The normalized spacial score (nSPS) is 19.1. The van der Waals surface area contributed by atoms with Crippen molar-refractivity contribution in [2.45, 2.75) is 31.9 Å². The molecule has 35 heavy (non-hydrogen) atoms. The van der Waals surface area contributed by atoms with Gasteiger partial charge in [-0.1, -0.05) is 11.6 Å². The van der Waals surface area contributed by atoms with E-state index in [0.29, 0.717) is 22.1 Å². The molecule has 0 spiro atoms. The highest BCUT2D eigenvalue weighted by atomic mass is 35.5. The van der Waals surface area contributed by atoms with Gasteiger partial charge in [0.25, 0.3) is 11.8 Å². The van der Waals surface area contributed by atoms with Gasteiger partial charge < -0.3 is 24.3 Å². The average molecular weight is 521 g/mol. The summed E-state index contributed by atoms with van der Waals surface area (Å²) in [6, 6.07) is 7.36. The molecule has 3 heterocycles. The Kier molecular flexibility index (Phi) is 7.08. The third-order valence-electron chi connectivity index (χ3n) is 5.38. The molecule has 1 saturated heterocycles. The molecule has 0 bridgehead atoms. The lowest BCUT2D eigenvalue weighted by atomic mass is 10.0. The smallest absolute Gasteiger partial charge is 0.352 e. The van der Waals surface area contributed by atoms with Crippen LogP contribution in [0.15, 0.2) is 46.0 Å². The lowest BCUT2D eigenvalue weighted by Gasteiger charge is -2.49. The number of carbonyl (C=O) groups is 4. The van der Waals surface area contributed by atoms with E-state index in [4.69, 9.17) is 25.5 Å². The number of amides is 2. The fourth-order valence-electron chi connectivity index (χ4n) is 3.70. The molecule has 2 N–H and O–H groups in total. The lowest BCUT2D eigenvalue weighted by molar-refractivity contribution is -0.149. The molecule has 2 aliphatic rings. The summed E-state index contributed by atoms with van der Waals surface area (Å²) >= 11 is 7.22. The molecule has 1 fully saturated rings. The van der Waals surface area contributed by atoms with Gasteiger partial charge in [0, 0.05) is 23.3 Å². The van der Waals surface area contributed by atoms with E-state index in [-0.39, 0.29) is 30.4 Å². The van der Waals surface area contributed by atoms with E-state index in [1.165, 1.54) is 24.8 Å². The van der Waals surface area contributed by atoms with Crippen molar-refractivity contribution in [3.63, 3.8) is 0 Å². The molecule has 0 saturated carbocycles. The van der Waals surface area contributed by atoms with Crippen molar-refractivity contribution in [2.75, 3.05) is 12.4 Å². The topological polar surface area (TPSA) is 135 Å². The summed E-state index contributed by atoms with van der Waals surface area (Å²) in [4.78, 5) is 49.4. The summed E-state index contributed by atoms with van der Waals surface area (Å²) < 4.78 is 16.2. The van der Waals surface area contributed by atoms with Gasteiger partial charge in [-0.15, -0.1) is 11.8 Å². The summed E-state index contributed by atoms with van der Waals surface area (Å²) in [5, 5.41) is 12.2. The van der Waals surface area contributed by atoms with Gasteiger partial charge in [-0.25, -0.2) is 4.79 Å². The van der Waals surface area contributed by atoms with E-state index >= 15 is 0 Å². The maximum absolute atomic E-state index is 12.7. The molecule has 4 rings (SSSR count). The fourth-order valence-corrected chi connectivity index (χ4v) is 5.25. The van der Waals surface area contributed by atoms with Gasteiger partial charge in [-0.05, 0) is 42.8 Å². The van der Waals surface area contributed by atoms with Crippen molar-refractivity contribution in [1.29, 1.82) is 0 Å². The number of aryl methyl sites for hydroxylation is 1. The van der Waals surface area contributed by atoms with Crippen molar-refractivity contribution in [1.82, 2.24) is 10.2 Å². The van der Waals surface area contributed by atoms with Gasteiger partial charge in [-0.2, -0.15) is 0 Å². The fraction of sp³-hybridized carbons (Fsp3) is 0.304. The third-order valence-corrected chi connectivity index (χ3v) is 6.95. The van der Waals surface area contributed by atoms with Crippen molar-refractivity contribution in [3.05, 3.63) is 63.7 Å². The number of hydrogen-bond acceptors (Lipinski definition) is 8. The second kappa shape index (κ2) is 10.0. The molecule has 1 aromatic heterocycles. The van der Waals surface area contributed by atoms with Crippen molar-refractivity contribution in [2.24, 2.45) is 0 Å². The minimum atomic E-state index is -1.30. The number of carbonyl (C=O) groups excluding carboxylic acids is 3. The van der Waals surface area contributed by atoms with E-state index < -0.39 is 35.2 Å². The number of nitrogens with zero attached hydrogens (tertiary/aromatic N) is 1. The van der Waals surface area contributed by atoms with Gasteiger partial charge >= 0.3 is 11.9 Å². The number of furan rings is 1. The zero-order valence-electron chi connectivity index (χ0n) is 18.7. The van der Waals surface area contributed by atoms with E-state index in [1.54, 1.807) is 24.3 Å². The van der Waals surface area contributed by atoms with Crippen LogP contribution >= 0.6 is 23.4 Å². The number of hydrogen-bond donors (Lipinski definition) is 2. The highest BCUT2D eigenvalue weighted by Gasteiger charge is 2.54. The minimum absolute atomic E-state index is 0.00645. The van der Waals surface area contributed by atoms with Crippen LogP contribution in [0.3, 0.4) is 0 Å². The summed E-state index contributed by atoms with van der Waals surface area (Å²) in [5.41, 5.74) is 0.949. The number of thioether (sulfide) groups is 1. The van der Waals surface area contributed by atoms with Crippen LogP contribution in [0.2, 0.25) is 5.02 Å². The van der Waals surface area contributed by atoms with Crippen LogP contribution in [-0.2, 0) is 25.7 Å². The standard InChI is InChI=1S/C23H21ClN2O8S/c1-11-7-14(24)3-5-16(11)33-9-15-4-6-17(34-15)20(28)25-18-21(29)26-19(23(30)31)13(8-32-12(2)27)10-35-22(18)26/h3-7,18,22H,8-10H2,1-2H3,(H,25,28)(H,30,31). The maximum Gasteiger partial charge on any atom is 0.352 e. The summed E-state index contributed by atoms with van der Waals surface area (Å²) in [7, 11) is 0. The van der Waals surface area contributed by atoms with Crippen molar-refractivity contribution < 1.29 is 38.2 Å². The van der Waals surface area contributed by atoms with E-state index in [9.17, 15) is 24.3 Å². The highest BCUT2D eigenvalue weighted by molar-refractivity contribution is 8.00. The van der Waals surface area contributed by atoms with Crippen LogP contribution in [0.5, 0.6) is 5.75 Å². The molecule has 2 aromatic rings. The maximum atomic E-state index is 12.7. The molecule has 2 unspecified atom stereocenters. The first kappa shape index (κ1) is 24.7. The Balaban J connectivity index is 1.38. The largest absolute Gasteiger partial charge is 0.485 e. The highest BCUT2D eigenvalue weighted by Crippen LogP contribution is 2.40. The second-order valence-corrected chi connectivity index (χ2v) is 9.40. The lowest BCUT2D eigenvalue weighted by Crippen LogP contribution is -2.70. The molecule has 10 nitrogen and oxygen atoms in total. The van der Waals surface area contributed by atoms with Crippen LogP contribution in [0, 0.1) is 6.92 Å². The Morgan fingerprint density at radius 1 is 1.26 bits per heavy atom. The summed E-state index contributed by atoms with van der Waals surface area (Å²) in [6.45, 7) is 2.94. The molecule has 2 amide bonds. The first-order chi connectivity index (χ1) is 16.7. The molecule has 1 aromatic carbocycles. The molecule has 2 atom stereocenters. The van der Waals surface area contributed by atoms with Crippen LogP contribution in [0.1, 0.15) is 28.8 Å². The number of carboxylic acids is 1. The van der Waals surface area contributed by atoms with Crippen molar-refractivity contribution >= 4 is 47.1 Å². The van der Waals surface area contributed by atoms with Crippen LogP contribution < -0.4 is 10.1 Å². The monoisotopic (exact) mass is 520 g/mol. The SMILES string of the molecule is CC(=O)OCC1=C(C(=O)O)N2C(=O)C(NC(=O)c3ccc(COc4ccc(Cl)cc4C)o3)C2SC1. The average Bonchev–Trinajstić information content (AvgIpc) is 3.28. The first-order valence-electron chi connectivity index (χ1n) is 10.5. The second-order valence-electron chi connectivity index (χ2n) is 7.86. The number of rotatable bonds is 8. The molecular formula is C23H21ClN2O8S. The number of halogens is 1. The molecule has 2 aliphatic heterocycles.